The van der Waals surface area contributed by atoms with Gasteiger partial charge in [0.05, 0.1) is 11.8 Å². The van der Waals surface area contributed by atoms with E-state index in [4.69, 9.17) is 21.1 Å². The highest BCUT2D eigenvalue weighted by Crippen LogP contribution is 2.18. The maximum atomic E-state index is 12.8. The minimum atomic E-state index is -0.224. The lowest BCUT2D eigenvalue weighted by Gasteiger charge is -2.07. The molecule has 0 atom stereocenters. The van der Waals surface area contributed by atoms with Crippen molar-refractivity contribution in [2.75, 3.05) is 6.61 Å². The van der Waals surface area contributed by atoms with Crippen molar-refractivity contribution in [3.8, 4) is 0 Å². The van der Waals surface area contributed by atoms with E-state index >= 15 is 0 Å². The van der Waals surface area contributed by atoms with Gasteiger partial charge in [-0.1, -0.05) is 23.7 Å². The molecule has 1 aromatic carbocycles. The van der Waals surface area contributed by atoms with Crippen molar-refractivity contribution in [1.29, 1.82) is 0 Å². The first kappa shape index (κ1) is 20.2. The van der Waals surface area contributed by atoms with E-state index in [1.165, 1.54) is 0 Å². The van der Waals surface area contributed by atoms with Crippen LogP contribution in [0, 0.1) is 0 Å². The summed E-state index contributed by atoms with van der Waals surface area (Å²) in [6.07, 6.45) is 3.78. The van der Waals surface area contributed by atoms with E-state index in [1.807, 2.05) is 12.1 Å². The molecule has 0 aliphatic rings. The van der Waals surface area contributed by atoms with E-state index in [1.54, 1.807) is 36.0 Å². The molecule has 7 heteroatoms. The number of benzene rings is 1. The number of amides is 1. The Morgan fingerprint density at radius 3 is 2.71 bits per heavy atom. The van der Waals surface area contributed by atoms with E-state index in [2.05, 4.69) is 5.32 Å². The van der Waals surface area contributed by atoms with Gasteiger partial charge >= 0.3 is 0 Å². The van der Waals surface area contributed by atoms with Gasteiger partial charge in [-0.2, -0.15) is 0 Å². The number of carbonyl (C=O) groups excluding carboxylic acids is 1. The average molecular weight is 403 g/mol. The zero-order valence-corrected chi connectivity index (χ0v) is 16.5. The molecular formula is C21H23ClN2O4. The highest BCUT2D eigenvalue weighted by atomic mass is 35.5. The summed E-state index contributed by atoms with van der Waals surface area (Å²) in [5, 5.41) is 12.8. The van der Waals surface area contributed by atoms with Crippen molar-refractivity contribution >= 4 is 28.6 Å². The summed E-state index contributed by atoms with van der Waals surface area (Å²) < 4.78 is 7.50. The van der Waals surface area contributed by atoms with Crippen molar-refractivity contribution in [1.82, 2.24) is 9.88 Å². The molecular weight excluding hydrogens is 380 g/mol. The number of nitrogens with zero attached hydrogens (tertiary/aromatic N) is 1. The van der Waals surface area contributed by atoms with Crippen molar-refractivity contribution in [2.45, 2.75) is 32.2 Å². The molecule has 0 aliphatic carbocycles. The van der Waals surface area contributed by atoms with Gasteiger partial charge in [-0.25, -0.2) is 0 Å². The second-order valence-corrected chi connectivity index (χ2v) is 7.22. The first-order valence-corrected chi connectivity index (χ1v) is 9.58. The van der Waals surface area contributed by atoms with Crippen LogP contribution in [-0.4, -0.2) is 22.2 Å². The number of carbonyl (C=O) groups is 1. The third-order valence-corrected chi connectivity index (χ3v) is 4.81. The van der Waals surface area contributed by atoms with E-state index in [0.29, 0.717) is 46.8 Å². The van der Waals surface area contributed by atoms with Crippen LogP contribution in [-0.2, 0) is 31.2 Å². The molecule has 0 bridgehead atoms. The number of unbranched alkanes of at least 4 members (excludes halogenated alkanes) is 1. The molecule has 2 aromatic heterocycles. The number of aliphatic hydroxyl groups excluding tert-OH is 1. The summed E-state index contributed by atoms with van der Waals surface area (Å²) >= 11 is 5.86. The van der Waals surface area contributed by atoms with Crippen LogP contribution in [0.4, 0.5) is 0 Å². The van der Waals surface area contributed by atoms with E-state index in [0.717, 1.165) is 12.0 Å². The second kappa shape index (κ2) is 9.08. The zero-order chi connectivity index (χ0) is 20.1. The standard InChI is InChI=1S/C21H23ClN2O4/c1-24-13-15(10-19(26)23-12-14-5-7-16(22)8-6-14)20(27)18-11-17(28-21(18)24)4-2-3-9-25/h5-8,11,13,25H,2-4,9-10,12H2,1H3,(H,23,26). The number of halogens is 1. The van der Waals surface area contributed by atoms with Crippen molar-refractivity contribution in [3.63, 3.8) is 0 Å². The molecule has 28 heavy (non-hydrogen) atoms. The lowest BCUT2D eigenvalue weighted by atomic mass is 10.1. The topological polar surface area (TPSA) is 84.5 Å². The maximum absolute atomic E-state index is 12.8. The predicted octanol–water partition coefficient (Wildman–Crippen LogP) is 2.96. The third kappa shape index (κ3) is 4.82. The number of rotatable bonds is 8. The van der Waals surface area contributed by atoms with Crippen molar-refractivity contribution in [2.24, 2.45) is 7.05 Å². The SMILES string of the molecule is Cn1cc(CC(=O)NCc2ccc(Cl)cc2)c(=O)c2cc(CCCCO)oc21. The van der Waals surface area contributed by atoms with Gasteiger partial charge < -0.3 is 19.4 Å². The number of furan rings is 1. The number of hydrogen-bond acceptors (Lipinski definition) is 4. The summed E-state index contributed by atoms with van der Waals surface area (Å²) in [7, 11) is 1.79. The van der Waals surface area contributed by atoms with E-state index < -0.39 is 0 Å². The summed E-state index contributed by atoms with van der Waals surface area (Å²) in [5.41, 5.74) is 1.66. The Balaban J connectivity index is 1.71. The minimum Gasteiger partial charge on any atom is -0.444 e. The fourth-order valence-corrected chi connectivity index (χ4v) is 3.20. The molecule has 3 rings (SSSR count). The Labute approximate surface area is 167 Å². The molecule has 0 unspecified atom stereocenters. The smallest absolute Gasteiger partial charge is 0.224 e. The summed E-state index contributed by atoms with van der Waals surface area (Å²) in [4.78, 5) is 25.1. The Morgan fingerprint density at radius 1 is 1.25 bits per heavy atom. The molecule has 0 fully saturated rings. The maximum Gasteiger partial charge on any atom is 0.224 e. The second-order valence-electron chi connectivity index (χ2n) is 6.79. The predicted molar refractivity (Wildman–Crippen MR) is 108 cm³/mol. The summed E-state index contributed by atoms with van der Waals surface area (Å²) in [6, 6.07) is 8.96. The van der Waals surface area contributed by atoms with Crippen LogP contribution >= 0.6 is 11.6 Å². The van der Waals surface area contributed by atoms with Crippen LogP contribution in [0.5, 0.6) is 0 Å². The van der Waals surface area contributed by atoms with Gasteiger partial charge in [-0.15, -0.1) is 0 Å². The molecule has 148 valence electrons. The first-order valence-electron chi connectivity index (χ1n) is 9.21. The van der Waals surface area contributed by atoms with Gasteiger partial charge in [0.15, 0.2) is 5.43 Å². The van der Waals surface area contributed by atoms with Gasteiger partial charge in [-0.3, -0.25) is 9.59 Å². The molecule has 1 amide bonds. The molecule has 2 N–H and O–H groups in total. The van der Waals surface area contributed by atoms with E-state index in [-0.39, 0.29) is 24.4 Å². The van der Waals surface area contributed by atoms with Gasteiger partial charge in [0, 0.05) is 43.4 Å². The van der Waals surface area contributed by atoms with Crippen LogP contribution < -0.4 is 10.7 Å². The van der Waals surface area contributed by atoms with Crippen LogP contribution in [0.25, 0.3) is 11.1 Å². The third-order valence-electron chi connectivity index (χ3n) is 4.55. The molecule has 0 radical (unpaired) electrons. The highest BCUT2D eigenvalue weighted by molar-refractivity contribution is 6.30. The lowest BCUT2D eigenvalue weighted by molar-refractivity contribution is -0.120. The summed E-state index contributed by atoms with van der Waals surface area (Å²) in [5.74, 6) is 0.485. The molecule has 2 heterocycles. The Bertz CT molecular complexity index is 1020. The van der Waals surface area contributed by atoms with Crippen LogP contribution in [0.3, 0.4) is 0 Å². The van der Waals surface area contributed by atoms with Gasteiger partial charge in [0.25, 0.3) is 0 Å². The largest absolute Gasteiger partial charge is 0.444 e. The monoisotopic (exact) mass is 402 g/mol. The number of aliphatic hydroxyl groups is 1. The number of aryl methyl sites for hydroxylation is 2. The fraction of sp³-hybridized carbons (Fsp3) is 0.333. The van der Waals surface area contributed by atoms with Crippen LogP contribution in [0.1, 0.15) is 29.7 Å². The van der Waals surface area contributed by atoms with Gasteiger partial charge in [0.2, 0.25) is 11.6 Å². The van der Waals surface area contributed by atoms with Crippen molar-refractivity contribution < 1.29 is 14.3 Å². The number of nitrogens with one attached hydrogen (secondary N) is 1. The molecule has 0 saturated heterocycles. The summed E-state index contributed by atoms with van der Waals surface area (Å²) in [6.45, 7) is 0.509. The lowest BCUT2D eigenvalue weighted by Crippen LogP contribution is -2.27. The minimum absolute atomic E-state index is 0.00122. The van der Waals surface area contributed by atoms with Crippen molar-refractivity contribution in [3.05, 3.63) is 68.7 Å². The normalized spacial score (nSPS) is 11.1. The average Bonchev–Trinajstić information content (AvgIpc) is 3.11. The molecule has 0 aliphatic heterocycles. The Hall–Kier alpha value is -2.57. The number of hydrogen-bond donors (Lipinski definition) is 2. The molecule has 6 nitrogen and oxygen atoms in total. The zero-order valence-electron chi connectivity index (χ0n) is 15.7. The van der Waals surface area contributed by atoms with E-state index in [9.17, 15) is 9.59 Å². The fourth-order valence-electron chi connectivity index (χ4n) is 3.08. The Kier molecular flexibility index (Phi) is 6.54. The van der Waals surface area contributed by atoms with Crippen LogP contribution in [0.15, 0.2) is 45.7 Å². The quantitative estimate of drug-likeness (QED) is 0.567. The molecule has 0 saturated carbocycles. The number of aromatic nitrogens is 1. The van der Waals surface area contributed by atoms with Crippen LogP contribution in [0.2, 0.25) is 5.02 Å². The first-order chi connectivity index (χ1) is 13.5. The molecule has 3 aromatic rings. The number of pyridine rings is 1. The van der Waals surface area contributed by atoms with Gasteiger partial charge in [-0.05, 0) is 36.6 Å². The number of fused-ring (bicyclic) bond motifs is 1. The van der Waals surface area contributed by atoms with Gasteiger partial charge in [0.1, 0.15) is 5.76 Å². The highest BCUT2D eigenvalue weighted by Gasteiger charge is 2.15. The molecule has 0 spiro atoms. The Morgan fingerprint density at radius 2 is 2.00 bits per heavy atom.